The van der Waals surface area contributed by atoms with Crippen molar-refractivity contribution in [3.8, 4) is 0 Å². The lowest BCUT2D eigenvalue weighted by atomic mass is 10.00. The third-order valence-corrected chi connectivity index (χ3v) is 4.24. The molecule has 0 bridgehead atoms. The molecule has 6 heteroatoms. The van der Waals surface area contributed by atoms with Crippen LogP contribution in [0.25, 0.3) is 0 Å². The highest BCUT2D eigenvalue weighted by molar-refractivity contribution is 5.45. The van der Waals surface area contributed by atoms with Gasteiger partial charge in [-0.15, -0.1) is 5.10 Å². The molecule has 2 aliphatic rings. The summed E-state index contributed by atoms with van der Waals surface area (Å²) in [7, 11) is 0. The van der Waals surface area contributed by atoms with E-state index in [0.717, 1.165) is 44.1 Å². The first-order chi connectivity index (χ1) is 10.4. The molecule has 108 valence electrons. The normalized spacial score (nSPS) is 17.4. The number of hydrogen-bond donors (Lipinski definition) is 1. The minimum absolute atomic E-state index is 0.634. The van der Waals surface area contributed by atoms with Gasteiger partial charge in [0.25, 0.3) is 0 Å². The first kappa shape index (κ1) is 12.5. The molecule has 0 spiro atoms. The maximum atomic E-state index is 4.36. The summed E-state index contributed by atoms with van der Waals surface area (Å²) in [6, 6.07) is 4.12. The molecule has 2 aromatic rings. The zero-order valence-corrected chi connectivity index (χ0v) is 11.9. The fourth-order valence-electron chi connectivity index (χ4n) is 3.00. The van der Waals surface area contributed by atoms with E-state index in [1.807, 2.05) is 6.07 Å². The third kappa shape index (κ3) is 2.53. The van der Waals surface area contributed by atoms with Crippen LogP contribution < -0.4 is 10.2 Å². The Morgan fingerprint density at radius 1 is 1.24 bits per heavy atom. The van der Waals surface area contributed by atoms with Gasteiger partial charge in [-0.25, -0.2) is 9.97 Å². The van der Waals surface area contributed by atoms with Gasteiger partial charge < -0.3 is 10.2 Å². The second-order valence-electron chi connectivity index (χ2n) is 5.77. The highest BCUT2D eigenvalue weighted by atomic mass is 15.3. The predicted octanol–water partition coefficient (Wildman–Crippen LogP) is 1.30. The summed E-state index contributed by atoms with van der Waals surface area (Å²) in [5.41, 5.74) is 2.59. The Bertz CT molecular complexity index is 623. The van der Waals surface area contributed by atoms with Crippen molar-refractivity contribution in [1.29, 1.82) is 0 Å². The number of aryl methyl sites for hydroxylation is 2. The monoisotopic (exact) mass is 282 g/mol. The Morgan fingerprint density at radius 3 is 3.05 bits per heavy atom. The lowest BCUT2D eigenvalue weighted by Gasteiger charge is -2.40. The first-order valence-corrected chi connectivity index (χ1v) is 7.49. The van der Waals surface area contributed by atoms with Crippen LogP contribution in [0.1, 0.15) is 17.7 Å². The van der Waals surface area contributed by atoms with Crippen molar-refractivity contribution in [2.45, 2.75) is 19.3 Å². The van der Waals surface area contributed by atoms with Gasteiger partial charge in [0.1, 0.15) is 12.1 Å². The zero-order valence-electron chi connectivity index (χ0n) is 11.9. The van der Waals surface area contributed by atoms with E-state index in [2.05, 4.69) is 36.4 Å². The number of nitrogens with one attached hydrogen (secondary N) is 1. The molecule has 0 atom stereocenters. The van der Waals surface area contributed by atoms with Crippen molar-refractivity contribution in [2.24, 2.45) is 5.92 Å². The molecule has 4 rings (SSSR count). The van der Waals surface area contributed by atoms with Crippen LogP contribution >= 0.6 is 0 Å². The number of hydrogen-bond acceptors (Lipinski definition) is 6. The Labute approximate surface area is 123 Å². The Kier molecular flexibility index (Phi) is 3.14. The molecule has 0 unspecified atom stereocenters. The second-order valence-corrected chi connectivity index (χ2v) is 5.77. The highest BCUT2D eigenvalue weighted by Gasteiger charge is 2.28. The smallest absolute Gasteiger partial charge is 0.151 e. The molecule has 0 aromatic carbocycles. The van der Waals surface area contributed by atoms with Crippen LogP contribution in [0.2, 0.25) is 0 Å². The molecule has 2 aromatic heterocycles. The maximum absolute atomic E-state index is 4.36. The molecular formula is C15H18N6. The van der Waals surface area contributed by atoms with Crippen LogP contribution in [-0.4, -0.2) is 39.8 Å². The zero-order chi connectivity index (χ0) is 14.1. The quantitative estimate of drug-likeness (QED) is 0.912. The number of anilines is 2. The van der Waals surface area contributed by atoms with Crippen LogP contribution in [0.5, 0.6) is 0 Å². The third-order valence-electron chi connectivity index (χ3n) is 4.24. The van der Waals surface area contributed by atoms with Crippen LogP contribution in [0.4, 0.5) is 11.6 Å². The van der Waals surface area contributed by atoms with Crippen LogP contribution in [0, 0.1) is 5.92 Å². The number of rotatable bonds is 4. The van der Waals surface area contributed by atoms with Gasteiger partial charge in [-0.2, -0.15) is 5.10 Å². The predicted molar refractivity (Wildman–Crippen MR) is 80.3 cm³/mol. The van der Waals surface area contributed by atoms with Gasteiger partial charge in [-0.1, -0.05) is 0 Å². The van der Waals surface area contributed by atoms with Crippen molar-refractivity contribution >= 4 is 11.6 Å². The summed E-state index contributed by atoms with van der Waals surface area (Å²) in [4.78, 5) is 10.4. The van der Waals surface area contributed by atoms with Crippen LogP contribution in [-0.2, 0) is 12.8 Å². The molecule has 1 saturated heterocycles. The van der Waals surface area contributed by atoms with E-state index in [1.54, 1.807) is 12.5 Å². The van der Waals surface area contributed by atoms with Gasteiger partial charge >= 0.3 is 0 Å². The molecule has 0 saturated carbocycles. The molecule has 6 nitrogen and oxygen atoms in total. The largest absolute Gasteiger partial charge is 0.370 e. The van der Waals surface area contributed by atoms with Crippen molar-refractivity contribution < 1.29 is 0 Å². The lowest BCUT2D eigenvalue weighted by molar-refractivity contribution is 0.425. The van der Waals surface area contributed by atoms with E-state index < -0.39 is 0 Å². The van der Waals surface area contributed by atoms with Crippen molar-refractivity contribution in [1.82, 2.24) is 20.2 Å². The number of nitrogens with zero attached hydrogens (tertiary/aromatic N) is 5. The topological polar surface area (TPSA) is 66.8 Å². The summed E-state index contributed by atoms with van der Waals surface area (Å²) in [6.07, 6.45) is 6.79. The number of fused-ring (bicyclic) bond motifs is 1. The van der Waals surface area contributed by atoms with Crippen LogP contribution in [0.15, 0.2) is 24.7 Å². The van der Waals surface area contributed by atoms with E-state index in [4.69, 9.17) is 0 Å². The molecule has 1 fully saturated rings. The van der Waals surface area contributed by atoms with E-state index in [1.165, 1.54) is 17.7 Å². The first-order valence-electron chi connectivity index (χ1n) is 7.49. The average Bonchev–Trinajstić information content (AvgIpc) is 2.94. The van der Waals surface area contributed by atoms with E-state index in [9.17, 15) is 0 Å². The highest BCUT2D eigenvalue weighted by Crippen LogP contribution is 2.27. The molecule has 1 aliphatic carbocycles. The summed E-state index contributed by atoms with van der Waals surface area (Å²) in [5.74, 6) is 2.56. The average molecular weight is 282 g/mol. The van der Waals surface area contributed by atoms with Gasteiger partial charge in [0, 0.05) is 31.7 Å². The SMILES string of the molecule is c1cc(NCC2CN(c3cc4c(nn3)CCC4)C2)ncn1. The fraction of sp³-hybridized carbons (Fsp3) is 0.467. The van der Waals surface area contributed by atoms with Crippen molar-refractivity contribution in [3.05, 3.63) is 35.9 Å². The molecule has 1 N–H and O–H groups in total. The minimum Gasteiger partial charge on any atom is -0.370 e. The Hall–Kier alpha value is -2.24. The molecule has 1 aliphatic heterocycles. The molecule has 0 amide bonds. The van der Waals surface area contributed by atoms with Crippen molar-refractivity contribution in [3.63, 3.8) is 0 Å². The van der Waals surface area contributed by atoms with E-state index in [0.29, 0.717) is 5.92 Å². The summed E-state index contributed by atoms with van der Waals surface area (Å²) < 4.78 is 0. The number of aromatic nitrogens is 4. The molecule has 21 heavy (non-hydrogen) atoms. The van der Waals surface area contributed by atoms with Gasteiger partial charge in [0.2, 0.25) is 0 Å². The van der Waals surface area contributed by atoms with E-state index >= 15 is 0 Å². The molecular weight excluding hydrogens is 264 g/mol. The molecule has 0 radical (unpaired) electrons. The van der Waals surface area contributed by atoms with Crippen molar-refractivity contribution in [2.75, 3.05) is 29.9 Å². The summed E-state index contributed by atoms with van der Waals surface area (Å²) in [5, 5.41) is 12.1. The van der Waals surface area contributed by atoms with Gasteiger partial charge in [-0.3, -0.25) is 0 Å². The minimum atomic E-state index is 0.634. The molecule has 3 heterocycles. The summed E-state index contributed by atoms with van der Waals surface area (Å²) in [6.45, 7) is 3.00. The second kappa shape index (κ2) is 5.27. The van der Waals surface area contributed by atoms with Crippen LogP contribution in [0.3, 0.4) is 0 Å². The lowest BCUT2D eigenvalue weighted by Crippen LogP contribution is -2.50. The summed E-state index contributed by atoms with van der Waals surface area (Å²) >= 11 is 0. The Balaban J connectivity index is 1.31. The van der Waals surface area contributed by atoms with Gasteiger partial charge in [0.15, 0.2) is 5.82 Å². The fourth-order valence-corrected chi connectivity index (χ4v) is 3.00. The standard InChI is InChI=1S/C15H18N6/c1-2-12-6-15(20-19-13(12)3-1)21-8-11(9-21)7-17-14-4-5-16-10-18-14/h4-6,10-11H,1-3,7-9H2,(H,16,17,18). The van der Waals surface area contributed by atoms with Gasteiger partial charge in [0.05, 0.1) is 5.69 Å². The van der Waals surface area contributed by atoms with Gasteiger partial charge in [-0.05, 0) is 37.0 Å². The Morgan fingerprint density at radius 2 is 2.19 bits per heavy atom. The van der Waals surface area contributed by atoms with E-state index in [-0.39, 0.29) is 0 Å². The maximum Gasteiger partial charge on any atom is 0.151 e.